The molecule has 3 aromatic rings. The number of hydrogen-bond donors (Lipinski definition) is 1. The summed E-state index contributed by atoms with van der Waals surface area (Å²) in [6.07, 6.45) is -2.02. The van der Waals surface area contributed by atoms with E-state index in [0.717, 1.165) is 40.1 Å². The molecule has 0 radical (unpaired) electrons. The van der Waals surface area contributed by atoms with Gasteiger partial charge in [0.15, 0.2) is 0 Å². The lowest BCUT2D eigenvalue weighted by molar-refractivity contribution is -0.179. The Morgan fingerprint density at radius 2 is 1.73 bits per heavy atom. The quantitative estimate of drug-likeness (QED) is 0.291. The molecule has 5 nitrogen and oxygen atoms in total. The molecule has 1 aliphatic heterocycles. The van der Waals surface area contributed by atoms with Crippen LogP contribution in [0.4, 0.5) is 18.9 Å². The second-order valence-electron chi connectivity index (χ2n) is 11.5. The monoisotopic (exact) mass is 616 g/mol. The molecule has 0 unspecified atom stereocenters. The Morgan fingerprint density at radius 3 is 2.35 bits per heavy atom. The average molecular weight is 618 g/mol. The zero-order chi connectivity index (χ0) is 29.4. The Labute approximate surface area is 248 Å². The summed E-state index contributed by atoms with van der Waals surface area (Å²) in [6.45, 7) is 6.50. The number of piperidine rings is 1. The molecule has 40 heavy (non-hydrogen) atoms. The van der Waals surface area contributed by atoms with Crippen LogP contribution in [0.25, 0.3) is 11.0 Å². The molecule has 0 bridgehead atoms. The van der Waals surface area contributed by atoms with Crippen LogP contribution in [0.1, 0.15) is 57.0 Å². The van der Waals surface area contributed by atoms with Crippen LogP contribution in [0.2, 0.25) is 15.1 Å². The van der Waals surface area contributed by atoms with Crippen LogP contribution in [-0.2, 0) is 31.2 Å². The number of hydrogen-bond acceptors (Lipinski definition) is 3. The van der Waals surface area contributed by atoms with Gasteiger partial charge in [0.2, 0.25) is 5.91 Å². The minimum Gasteiger partial charge on any atom is -0.370 e. The van der Waals surface area contributed by atoms with Gasteiger partial charge in [-0.1, -0.05) is 61.6 Å². The second kappa shape index (κ2) is 12.0. The Morgan fingerprint density at radius 1 is 1.05 bits per heavy atom. The van der Waals surface area contributed by atoms with Gasteiger partial charge < -0.3 is 14.8 Å². The van der Waals surface area contributed by atoms with E-state index in [-0.39, 0.29) is 18.7 Å². The van der Waals surface area contributed by atoms with Gasteiger partial charge in [-0.2, -0.15) is 13.2 Å². The van der Waals surface area contributed by atoms with Crippen molar-refractivity contribution in [1.82, 2.24) is 14.9 Å². The largest absolute Gasteiger partial charge is 0.391 e. The number of anilines is 1. The number of nitrogens with zero attached hydrogens (tertiary/aromatic N) is 3. The summed E-state index contributed by atoms with van der Waals surface area (Å²) in [6, 6.07) is 7.34. The molecule has 1 aliphatic rings. The molecule has 218 valence electrons. The summed E-state index contributed by atoms with van der Waals surface area (Å²) in [7, 11) is 1.93. The van der Waals surface area contributed by atoms with E-state index < -0.39 is 17.5 Å². The molecule has 2 aromatic carbocycles. The number of carbonyl (C=O) groups is 1. The lowest BCUT2D eigenvalue weighted by Gasteiger charge is -2.34. The maximum absolute atomic E-state index is 13.1. The van der Waals surface area contributed by atoms with Crippen LogP contribution in [0.3, 0.4) is 0 Å². The van der Waals surface area contributed by atoms with Gasteiger partial charge in [-0.15, -0.1) is 0 Å². The van der Waals surface area contributed by atoms with Gasteiger partial charge in [0.1, 0.15) is 5.82 Å². The minimum absolute atomic E-state index is 0.0593. The number of halogens is 6. The van der Waals surface area contributed by atoms with Gasteiger partial charge in [0.25, 0.3) is 0 Å². The Bertz CT molecular complexity index is 1390. The first-order valence-corrected chi connectivity index (χ1v) is 14.5. The van der Waals surface area contributed by atoms with E-state index in [1.807, 2.05) is 49.4 Å². The van der Waals surface area contributed by atoms with Gasteiger partial charge in [-0.25, -0.2) is 4.98 Å². The number of nitrogens with one attached hydrogen (secondary N) is 1. The molecule has 11 heteroatoms. The third-order valence-corrected chi connectivity index (χ3v) is 8.68. The summed E-state index contributed by atoms with van der Waals surface area (Å²) in [4.78, 5) is 19.0. The highest BCUT2D eigenvalue weighted by Gasteiger charge is 2.41. The van der Waals surface area contributed by atoms with E-state index in [1.165, 1.54) is 0 Å². The highest BCUT2D eigenvalue weighted by molar-refractivity contribution is 6.36. The molecule has 0 saturated carbocycles. The highest BCUT2D eigenvalue weighted by Crippen LogP contribution is 2.38. The molecule has 2 heterocycles. The normalized spacial score (nSPS) is 15.2. The van der Waals surface area contributed by atoms with Crippen molar-refractivity contribution < 1.29 is 18.0 Å². The van der Waals surface area contributed by atoms with Gasteiger partial charge in [0, 0.05) is 43.5 Å². The van der Waals surface area contributed by atoms with E-state index in [0.29, 0.717) is 47.5 Å². The topological polar surface area (TPSA) is 50.2 Å². The predicted octanol–water partition coefficient (Wildman–Crippen LogP) is 8.15. The fourth-order valence-electron chi connectivity index (χ4n) is 5.04. The average Bonchev–Trinajstić information content (AvgIpc) is 3.17. The molecule has 4 rings (SSSR count). The van der Waals surface area contributed by atoms with Crippen molar-refractivity contribution in [2.45, 2.75) is 65.6 Å². The zero-order valence-electron chi connectivity index (χ0n) is 23.1. The first kappa shape index (κ1) is 30.8. The van der Waals surface area contributed by atoms with Crippen LogP contribution in [0, 0.1) is 11.3 Å². The molecule has 0 aliphatic carbocycles. The molecule has 1 fully saturated rings. The van der Waals surface area contributed by atoms with Gasteiger partial charge in [0.05, 0.1) is 32.7 Å². The van der Waals surface area contributed by atoms with Crippen molar-refractivity contribution in [2.75, 3.05) is 18.0 Å². The lowest BCUT2D eigenvalue weighted by Crippen LogP contribution is -2.39. The summed E-state index contributed by atoms with van der Waals surface area (Å²) in [5, 5.41) is 4.54. The van der Waals surface area contributed by atoms with Crippen LogP contribution in [0.15, 0.2) is 24.3 Å². The SMILES string of the molecule is Cn1c(CCCc2c(Cl)ccc(CNC(=O)C(C)(C)C)c2Cl)nc2cc(Cl)c(N3CCC(C(F)(F)F)CC3)cc21. The first-order valence-electron chi connectivity index (χ1n) is 13.4. The maximum Gasteiger partial charge on any atom is 0.391 e. The van der Waals surface area contributed by atoms with Crippen molar-refractivity contribution in [3.63, 3.8) is 0 Å². The standard InChI is InChI=1S/C29H34Cl3F3N4O/c1-28(2,3)27(40)36-16-17-8-9-20(30)19(26(17)32)6-5-7-25-37-22-14-21(31)23(15-24(22)38(25)4)39-12-10-18(11-13-39)29(33,34)35/h8-9,14-15,18H,5-7,10-13,16H2,1-4H3,(H,36,40). The number of fused-ring (bicyclic) bond motifs is 1. The van der Waals surface area contributed by atoms with Crippen molar-refractivity contribution in [3.8, 4) is 0 Å². The Hall–Kier alpha value is -2.16. The van der Waals surface area contributed by atoms with E-state index >= 15 is 0 Å². The van der Waals surface area contributed by atoms with E-state index in [4.69, 9.17) is 39.8 Å². The fraction of sp³-hybridized carbons (Fsp3) is 0.517. The van der Waals surface area contributed by atoms with Gasteiger partial charge >= 0.3 is 6.18 Å². The summed E-state index contributed by atoms with van der Waals surface area (Å²) in [5.74, 6) is -0.463. The minimum atomic E-state index is -4.16. The smallest absolute Gasteiger partial charge is 0.370 e. The van der Waals surface area contributed by atoms with Crippen molar-refractivity contribution in [1.29, 1.82) is 0 Å². The van der Waals surface area contributed by atoms with Crippen LogP contribution in [-0.4, -0.2) is 34.7 Å². The third-order valence-electron chi connectivity index (χ3n) is 7.55. The summed E-state index contributed by atoms with van der Waals surface area (Å²) >= 11 is 19.7. The van der Waals surface area contributed by atoms with Crippen LogP contribution in [0.5, 0.6) is 0 Å². The van der Waals surface area contributed by atoms with E-state index in [9.17, 15) is 18.0 Å². The highest BCUT2D eigenvalue weighted by atomic mass is 35.5. The molecular weight excluding hydrogens is 584 g/mol. The van der Waals surface area contributed by atoms with E-state index in [2.05, 4.69) is 5.32 Å². The molecular formula is C29H34Cl3F3N4O. The van der Waals surface area contributed by atoms with Crippen molar-refractivity contribution >= 4 is 57.4 Å². The number of alkyl halides is 3. The van der Waals surface area contributed by atoms with Crippen LogP contribution >= 0.6 is 34.8 Å². The molecule has 1 amide bonds. The summed E-state index contributed by atoms with van der Waals surface area (Å²) in [5.41, 5.74) is 3.49. The van der Waals surface area contributed by atoms with Crippen LogP contribution < -0.4 is 10.2 Å². The molecule has 1 aromatic heterocycles. The number of amides is 1. The van der Waals surface area contributed by atoms with Crippen molar-refractivity contribution in [2.24, 2.45) is 18.4 Å². The van der Waals surface area contributed by atoms with Crippen molar-refractivity contribution in [3.05, 3.63) is 56.3 Å². The van der Waals surface area contributed by atoms with Gasteiger partial charge in [-0.05, 0) is 55.0 Å². The molecule has 1 N–H and O–H groups in total. The Kier molecular flexibility index (Phi) is 9.22. The predicted molar refractivity (Wildman–Crippen MR) is 157 cm³/mol. The number of benzene rings is 2. The number of carbonyl (C=O) groups excluding carboxylic acids is 1. The lowest BCUT2D eigenvalue weighted by atomic mass is 9.95. The third kappa shape index (κ3) is 6.82. The zero-order valence-corrected chi connectivity index (χ0v) is 25.3. The first-order chi connectivity index (χ1) is 18.7. The molecule has 0 atom stereocenters. The Balaban J connectivity index is 1.44. The number of imidazole rings is 1. The van der Waals surface area contributed by atoms with Gasteiger partial charge in [-0.3, -0.25) is 4.79 Å². The molecule has 0 spiro atoms. The second-order valence-corrected chi connectivity index (χ2v) is 12.7. The number of aryl methyl sites for hydroxylation is 2. The molecule has 1 saturated heterocycles. The fourth-order valence-corrected chi connectivity index (χ4v) is 5.94. The maximum atomic E-state index is 13.1. The number of aromatic nitrogens is 2. The summed E-state index contributed by atoms with van der Waals surface area (Å²) < 4.78 is 41.3. The number of rotatable bonds is 7. The van der Waals surface area contributed by atoms with E-state index in [1.54, 1.807) is 12.1 Å².